The Balaban J connectivity index is 1.35. The lowest BCUT2D eigenvalue weighted by atomic mass is 9.99. The standard InChI is InChI=1S/C22H29N5O/c1-17-11-15-27(16-12-17)22(28)20-9-10-21(25-24-20)23-18-5-7-19(8-6-18)26-13-3-2-4-14-26/h5-10,17H,2-4,11-16H2,1H3,(H,23,25). The molecule has 4 rings (SSSR count). The number of hydrogen-bond donors (Lipinski definition) is 1. The summed E-state index contributed by atoms with van der Waals surface area (Å²) < 4.78 is 0. The summed E-state index contributed by atoms with van der Waals surface area (Å²) in [5, 5.41) is 11.6. The average Bonchev–Trinajstić information content (AvgIpc) is 2.75. The van der Waals surface area contributed by atoms with Gasteiger partial charge in [-0.25, -0.2) is 0 Å². The Labute approximate surface area is 166 Å². The van der Waals surface area contributed by atoms with Crippen LogP contribution in [0, 0.1) is 5.92 Å². The van der Waals surface area contributed by atoms with E-state index >= 15 is 0 Å². The molecule has 2 saturated heterocycles. The molecule has 0 bridgehead atoms. The minimum atomic E-state index is -0.0168. The molecule has 1 amide bonds. The number of nitrogens with one attached hydrogen (secondary N) is 1. The van der Waals surface area contributed by atoms with E-state index < -0.39 is 0 Å². The molecular formula is C22H29N5O. The van der Waals surface area contributed by atoms with Crippen LogP contribution in [0.2, 0.25) is 0 Å². The lowest BCUT2D eigenvalue weighted by molar-refractivity contribution is 0.0690. The third kappa shape index (κ3) is 4.43. The van der Waals surface area contributed by atoms with E-state index in [2.05, 4.69) is 51.6 Å². The van der Waals surface area contributed by atoms with Crippen LogP contribution in [-0.4, -0.2) is 47.2 Å². The van der Waals surface area contributed by atoms with Gasteiger partial charge >= 0.3 is 0 Å². The number of piperidine rings is 2. The number of benzene rings is 1. The lowest BCUT2D eigenvalue weighted by Gasteiger charge is -2.29. The summed E-state index contributed by atoms with van der Waals surface area (Å²) in [6, 6.07) is 12.0. The van der Waals surface area contributed by atoms with Crippen LogP contribution >= 0.6 is 0 Å². The molecular weight excluding hydrogens is 350 g/mol. The number of hydrogen-bond acceptors (Lipinski definition) is 5. The molecule has 3 heterocycles. The summed E-state index contributed by atoms with van der Waals surface area (Å²) in [5.41, 5.74) is 2.66. The highest BCUT2D eigenvalue weighted by molar-refractivity contribution is 5.92. The second-order valence-corrected chi connectivity index (χ2v) is 8.00. The molecule has 148 valence electrons. The molecule has 0 aliphatic carbocycles. The SMILES string of the molecule is CC1CCN(C(=O)c2ccc(Nc3ccc(N4CCCCC4)cc3)nn2)CC1. The molecule has 28 heavy (non-hydrogen) atoms. The first kappa shape index (κ1) is 18.7. The van der Waals surface area contributed by atoms with Crippen molar-refractivity contribution in [2.45, 2.75) is 39.0 Å². The van der Waals surface area contributed by atoms with Gasteiger partial charge in [0.25, 0.3) is 5.91 Å². The molecule has 6 nitrogen and oxygen atoms in total. The van der Waals surface area contributed by atoms with Gasteiger partial charge in [0.05, 0.1) is 0 Å². The van der Waals surface area contributed by atoms with E-state index in [1.807, 2.05) is 11.0 Å². The third-order valence-electron chi connectivity index (χ3n) is 5.82. The Hall–Kier alpha value is -2.63. The van der Waals surface area contributed by atoms with E-state index in [1.165, 1.54) is 24.9 Å². The van der Waals surface area contributed by atoms with Crippen molar-refractivity contribution in [3.63, 3.8) is 0 Å². The molecule has 0 radical (unpaired) electrons. The minimum Gasteiger partial charge on any atom is -0.372 e. The molecule has 0 atom stereocenters. The van der Waals surface area contributed by atoms with Crippen molar-refractivity contribution in [2.24, 2.45) is 5.92 Å². The second-order valence-electron chi connectivity index (χ2n) is 8.00. The highest BCUT2D eigenvalue weighted by atomic mass is 16.2. The van der Waals surface area contributed by atoms with E-state index in [4.69, 9.17) is 0 Å². The molecule has 6 heteroatoms. The first-order valence-electron chi connectivity index (χ1n) is 10.4. The topological polar surface area (TPSA) is 61.4 Å². The van der Waals surface area contributed by atoms with Gasteiger partial charge in [-0.15, -0.1) is 10.2 Å². The zero-order valence-corrected chi connectivity index (χ0v) is 16.6. The third-order valence-corrected chi connectivity index (χ3v) is 5.82. The second kappa shape index (κ2) is 8.59. The van der Waals surface area contributed by atoms with Gasteiger partial charge in [0.2, 0.25) is 0 Å². The van der Waals surface area contributed by atoms with Gasteiger partial charge in [-0.2, -0.15) is 0 Å². The number of nitrogens with zero attached hydrogens (tertiary/aromatic N) is 4. The number of carbonyl (C=O) groups excluding carboxylic acids is 1. The van der Waals surface area contributed by atoms with Gasteiger partial charge in [0.1, 0.15) is 0 Å². The van der Waals surface area contributed by atoms with Gasteiger partial charge in [0.15, 0.2) is 11.5 Å². The lowest BCUT2D eigenvalue weighted by Crippen LogP contribution is -2.38. The molecule has 1 N–H and O–H groups in total. The van der Waals surface area contributed by atoms with Crippen LogP contribution in [0.3, 0.4) is 0 Å². The van der Waals surface area contributed by atoms with Crippen LogP contribution in [0.1, 0.15) is 49.5 Å². The van der Waals surface area contributed by atoms with Crippen molar-refractivity contribution in [2.75, 3.05) is 36.4 Å². The fourth-order valence-corrected chi connectivity index (χ4v) is 3.94. The van der Waals surface area contributed by atoms with Crippen LogP contribution in [0.25, 0.3) is 0 Å². The Morgan fingerprint density at radius 1 is 0.929 bits per heavy atom. The summed E-state index contributed by atoms with van der Waals surface area (Å²) in [6.07, 6.45) is 6.01. The van der Waals surface area contributed by atoms with Crippen LogP contribution < -0.4 is 10.2 Å². The smallest absolute Gasteiger partial charge is 0.274 e. The van der Waals surface area contributed by atoms with Gasteiger partial charge in [-0.1, -0.05) is 6.92 Å². The number of anilines is 3. The first-order chi connectivity index (χ1) is 13.7. The molecule has 1 aromatic carbocycles. The first-order valence-corrected chi connectivity index (χ1v) is 10.4. The van der Waals surface area contributed by atoms with E-state index in [-0.39, 0.29) is 5.91 Å². The zero-order valence-electron chi connectivity index (χ0n) is 16.6. The Kier molecular flexibility index (Phi) is 5.74. The monoisotopic (exact) mass is 379 g/mol. The highest BCUT2D eigenvalue weighted by Crippen LogP contribution is 2.23. The molecule has 2 fully saturated rings. The Bertz CT molecular complexity index is 776. The van der Waals surface area contributed by atoms with E-state index in [1.54, 1.807) is 6.07 Å². The molecule has 0 spiro atoms. The van der Waals surface area contributed by atoms with Crippen LogP contribution in [0.15, 0.2) is 36.4 Å². The fourth-order valence-electron chi connectivity index (χ4n) is 3.94. The molecule has 0 unspecified atom stereocenters. The summed E-state index contributed by atoms with van der Waals surface area (Å²) in [5.74, 6) is 1.33. The van der Waals surface area contributed by atoms with Crippen molar-refractivity contribution in [1.82, 2.24) is 15.1 Å². The summed E-state index contributed by atoms with van der Waals surface area (Å²) in [7, 11) is 0. The highest BCUT2D eigenvalue weighted by Gasteiger charge is 2.22. The van der Waals surface area contributed by atoms with Crippen molar-refractivity contribution in [3.05, 3.63) is 42.1 Å². The van der Waals surface area contributed by atoms with Gasteiger partial charge in [0, 0.05) is 37.6 Å². The number of carbonyl (C=O) groups is 1. The van der Waals surface area contributed by atoms with Crippen LogP contribution in [0.5, 0.6) is 0 Å². The number of amides is 1. The maximum Gasteiger partial charge on any atom is 0.274 e. The zero-order chi connectivity index (χ0) is 19.3. The van der Waals surface area contributed by atoms with E-state index in [9.17, 15) is 4.79 Å². The maximum atomic E-state index is 12.6. The van der Waals surface area contributed by atoms with Crippen molar-refractivity contribution in [1.29, 1.82) is 0 Å². The van der Waals surface area contributed by atoms with E-state index in [0.29, 0.717) is 17.4 Å². The molecule has 2 aliphatic heterocycles. The van der Waals surface area contributed by atoms with Gasteiger partial charge in [-0.05, 0) is 74.4 Å². The van der Waals surface area contributed by atoms with Gasteiger partial charge < -0.3 is 15.1 Å². The predicted octanol–water partition coefficient (Wildman–Crippen LogP) is 4.08. The van der Waals surface area contributed by atoms with E-state index in [0.717, 1.165) is 44.7 Å². The molecule has 2 aromatic rings. The van der Waals surface area contributed by atoms with Crippen molar-refractivity contribution >= 4 is 23.1 Å². The number of likely N-dealkylation sites (tertiary alicyclic amines) is 1. The normalized spacial score (nSPS) is 18.2. The summed E-state index contributed by atoms with van der Waals surface area (Å²) in [4.78, 5) is 16.9. The van der Waals surface area contributed by atoms with Crippen molar-refractivity contribution in [3.8, 4) is 0 Å². The van der Waals surface area contributed by atoms with Crippen LogP contribution in [0.4, 0.5) is 17.2 Å². The minimum absolute atomic E-state index is 0.0168. The largest absolute Gasteiger partial charge is 0.372 e. The fraction of sp³-hybridized carbons (Fsp3) is 0.500. The molecule has 0 saturated carbocycles. The molecule has 2 aliphatic rings. The maximum absolute atomic E-state index is 12.6. The average molecular weight is 380 g/mol. The van der Waals surface area contributed by atoms with Crippen LogP contribution in [-0.2, 0) is 0 Å². The Morgan fingerprint density at radius 2 is 1.64 bits per heavy atom. The number of rotatable bonds is 4. The quantitative estimate of drug-likeness (QED) is 0.867. The molecule has 1 aromatic heterocycles. The summed E-state index contributed by atoms with van der Waals surface area (Å²) in [6.45, 7) is 6.14. The van der Waals surface area contributed by atoms with Crippen molar-refractivity contribution < 1.29 is 4.79 Å². The van der Waals surface area contributed by atoms with Gasteiger partial charge in [-0.3, -0.25) is 4.79 Å². The summed E-state index contributed by atoms with van der Waals surface area (Å²) >= 11 is 0. The predicted molar refractivity (Wildman–Crippen MR) is 112 cm³/mol. The number of aromatic nitrogens is 2. The Morgan fingerprint density at radius 3 is 2.29 bits per heavy atom.